The molecule has 1 N–H and O–H groups in total. The van der Waals surface area contributed by atoms with Crippen LogP contribution in [0.2, 0.25) is 0 Å². The molecular weight excluding hydrogens is 388 g/mol. The minimum atomic E-state index is -0.917. The number of para-hydroxylation sites is 2. The highest BCUT2D eigenvalue weighted by atomic mass is 32.2. The number of carbonyl (C=O) groups is 3. The molecular formula is C22H22N2O4S. The van der Waals surface area contributed by atoms with Crippen molar-refractivity contribution in [3.05, 3.63) is 54.1 Å². The third-order valence-corrected chi connectivity index (χ3v) is 6.43. The van der Waals surface area contributed by atoms with Gasteiger partial charge < -0.3 is 15.0 Å². The van der Waals surface area contributed by atoms with Crippen LogP contribution < -0.4 is 10.2 Å². The summed E-state index contributed by atoms with van der Waals surface area (Å²) >= 11 is 1.34. The normalized spacial score (nSPS) is 21.0. The van der Waals surface area contributed by atoms with E-state index in [1.165, 1.54) is 11.8 Å². The highest BCUT2D eigenvalue weighted by Gasteiger charge is 2.35. The van der Waals surface area contributed by atoms with E-state index in [-0.39, 0.29) is 24.3 Å². The summed E-state index contributed by atoms with van der Waals surface area (Å²) in [6, 6.07) is 15.2. The lowest BCUT2D eigenvalue weighted by atomic mass is 10.1. The van der Waals surface area contributed by atoms with E-state index in [1.54, 1.807) is 11.8 Å². The lowest BCUT2D eigenvalue weighted by Crippen LogP contribution is -2.43. The zero-order valence-corrected chi connectivity index (χ0v) is 17.1. The fourth-order valence-corrected chi connectivity index (χ4v) is 4.87. The smallest absolute Gasteiger partial charge is 0.308 e. The van der Waals surface area contributed by atoms with Gasteiger partial charge in [0, 0.05) is 16.6 Å². The molecule has 2 heterocycles. The van der Waals surface area contributed by atoms with Crippen molar-refractivity contribution in [2.45, 2.75) is 49.0 Å². The number of rotatable bonds is 4. The van der Waals surface area contributed by atoms with Gasteiger partial charge in [0.1, 0.15) is 0 Å². The molecule has 0 saturated carbocycles. The van der Waals surface area contributed by atoms with Gasteiger partial charge >= 0.3 is 5.97 Å². The van der Waals surface area contributed by atoms with Crippen LogP contribution in [0.5, 0.6) is 0 Å². The van der Waals surface area contributed by atoms with E-state index in [4.69, 9.17) is 4.74 Å². The average Bonchev–Trinajstić information content (AvgIpc) is 3.03. The standard InChI is InChI=1S/C22H22N2O4S/c1-13-11-15-7-3-5-9-17(15)24(13)22(27)14(2)28-20(25)12-19-21(26)23-16-8-4-6-10-18(16)29-19/h3-10,13-14,19H,11-12H2,1-2H3,(H,23,26)/t13-,14-,19-/m1/s1. The highest BCUT2D eigenvalue weighted by Crippen LogP contribution is 2.37. The Kier molecular flexibility index (Phi) is 5.32. The maximum absolute atomic E-state index is 12.9. The van der Waals surface area contributed by atoms with E-state index in [9.17, 15) is 14.4 Å². The molecule has 2 aliphatic rings. The second kappa shape index (κ2) is 7.91. The van der Waals surface area contributed by atoms with Gasteiger partial charge in [0.25, 0.3) is 5.91 Å². The molecule has 0 spiro atoms. The van der Waals surface area contributed by atoms with Gasteiger partial charge in [-0.15, -0.1) is 11.8 Å². The molecule has 29 heavy (non-hydrogen) atoms. The number of carbonyl (C=O) groups excluding carboxylic acids is 3. The molecule has 2 aromatic carbocycles. The molecule has 4 rings (SSSR count). The molecule has 0 fully saturated rings. The number of hydrogen-bond acceptors (Lipinski definition) is 5. The zero-order chi connectivity index (χ0) is 20.5. The molecule has 0 aliphatic carbocycles. The van der Waals surface area contributed by atoms with Crippen LogP contribution in [-0.4, -0.2) is 35.2 Å². The molecule has 2 aliphatic heterocycles. The van der Waals surface area contributed by atoms with Gasteiger partial charge in [-0.3, -0.25) is 14.4 Å². The Bertz CT molecular complexity index is 977. The Balaban J connectivity index is 1.39. The van der Waals surface area contributed by atoms with Crippen LogP contribution in [-0.2, 0) is 25.5 Å². The second-order valence-corrected chi connectivity index (χ2v) is 8.56. The van der Waals surface area contributed by atoms with E-state index in [1.807, 2.05) is 55.5 Å². The Morgan fingerprint density at radius 3 is 2.76 bits per heavy atom. The quantitative estimate of drug-likeness (QED) is 0.782. The summed E-state index contributed by atoms with van der Waals surface area (Å²) in [5.41, 5.74) is 2.73. The summed E-state index contributed by atoms with van der Waals surface area (Å²) in [6.07, 6.45) is -0.227. The fourth-order valence-electron chi connectivity index (χ4n) is 3.77. The second-order valence-electron chi connectivity index (χ2n) is 7.32. The lowest BCUT2D eigenvalue weighted by molar-refractivity contribution is -0.154. The van der Waals surface area contributed by atoms with Crippen molar-refractivity contribution >= 4 is 40.9 Å². The van der Waals surface area contributed by atoms with Gasteiger partial charge in [-0.25, -0.2) is 0 Å². The maximum atomic E-state index is 12.9. The van der Waals surface area contributed by atoms with Crippen LogP contribution in [0, 0.1) is 0 Å². The monoisotopic (exact) mass is 410 g/mol. The molecule has 0 bridgehead atoms. The molecule has 0 saturated heterocycles. The Labute approximate surface area is 173 Å². The van der Waals surface area contributed by atoms with Crippen LogP contribution in [0.25, 0.3) is 0 Å². The number of ether oxygens (including phenoxy) is 1. The van der Waals surface area contributed by atoms with E-state index in [0.717, 1.165) is 28.3 Å². The minimum Gasteiger partial charge on any atom is -0.452 e. The van der Waals surface area contributed by atoms with Crippen LogP contribution in [0.3, 0.4) is 0 Å². The summed E-state index contributed by atoms with van der Waals surface area (Å²) in [5.74, 6) is -1.04. The van der Waals surface area contributed by atoms with Gasteiger partial charge in [-0.05, 0) is 44.0 Å². The Hall–Kier alpha value is -2.80. The first kappa shape index (κ1) is 19.5. The summed E-state index contributed by atoms with van der Waals surface area (Å²) in [4.78, 5) is 40.3. The number of amides is 2. The summed E-state index contributed by atoms with van der Waals surface area (Å²) in [6.45, 7) is 3.56. The van der Waals surface area contributed by atoms with Gasteiger partial charge in [0.2, 0.25) is 5.91 Å². The largest absolute Gasteiger partial charge is 0.452 e. The Morgan fingerprint density at radius 2 is 1.93 bits per heavy atom. The van der Waals surface area contributed by atoms with Crippen LogP contribution in [0.4, 0.5) is 11.4 Å². The first-order chi connectivity index (χ1) is 13.9. The van der Waals surface area contributed by atoms with Crippen molar-refractivity contribution < 1.29 is 19.1 Å². The van der Waals surface area contributed by atoms with E-state index >= 15 is 0 Å². The summed E-state index contributed by atoms with van der Waals surface area (Å²) in [5, 5.41) is 2.23. The Morgan fingerprint density at radius 1 is 1.21 bits per heavy atom. The van der Waals surface area contributed by atoms with Crippen molar-refractivity contribution in [1.82, 2.24) is 0 Å². The molecule has 7 heteroatoms. The van der Waals surface area contributed by atoms with Gasteiger partial charge in [-0.2, -0.15) is 0 Å². The third-order valence-electron chi connectivity index (χ3n) is 5.16. The first-order valence-electron chi connectivity index (χ1n) is 9.61. The zero-order valence-electron chi connectivity index (χ0n) is 16.3. The number of thioether (sulfide) groups is 1. The minimum absolute atomic E-state index is 0.0113. The van der Waals surface area contributed by atoms with Crippen LogP contribution in [0.1, 0.15) is 25.8 Å². The molecule has 0 unspecified atom stereocenters. The topological polar surface area (TPSA) is 75.7 Å². The number of esters is 1. The van der Waals surface area contributed by atoms with Gasteiger partial charge in [0.05, 0.1) is 17.4 Å². The van der Waals surface area contributed by atoms with Crippen molar-refractivity contribution in [2.24, 2.45) is 0 Å². The van der Waals surface area contributed by atoms with E-state index in [0.29, 0.717) is 0 Å². The average molecular weight is 410 g/mol. The molecule has 2 amide bonds. The third kappa shape index (κ3) is 3.87. The van der Waals surface area contributed by atoms with Crippen LogP contribution >= 0.6 is 11.8 Å². The SMILES string of the molecule is C[C@@H]1Cc2ccccc2N1C(=O)[C@@H](C)OC(=O)C[C@H]1Sc2ccccc2NC1=O. The molecule has 6 nitrogen and oxygen atoms in total. The fraction of sp³-hybridized carbons (Fsp3) is 0.318. The predicted octanol–water partition coefficient (Wildman–Crippen LogP) is 3.40. The molecule has 3 atom stereocenters. The molecule has 150 valence electrons. The van der Waals surface area contributed by atoms with Gasteiger partial charge in [0.15, 0.2) is 6.10 Å². The maximum Gasteiger partial charge on any atom is 0.308 e. The van der Waals surface area contributed by atoms with Crippen molar-refractivity contribution in [1.29, 1.82) is 0 Å². The molecule has 2 aromatic rings. The summed E-state index contributed by atoms with van der Waals surface area (Å²) < 4.78 is 5.40. The number of nitrogens with one attached hydrogen (secondary N) is 1. The molecule has 0 aromatic heterocycles. The van der Waals surface area contributed by atoms with Crippen molar-refractivity contribution in [2.75, 3.05) is 10.2 Å². The highest BCUT2D eigenvalue weighted by molar-refractivity contribution is 8.01. The first-order valence-corrected chi connectivity index (χ1v) is 10.5. The number of hydrogen-bond donors (Lipinski definition) is 1. The molecule has 0 radical (unpaired) electrons. The van der Waals surface area contributed by atoms with E-state index < -0.39 is 17.3 Å². The number of benzene rings is 2. The van der Waals surface area contributed by atoms with E-state index in [2.05, 4.69) is 5.32 Å². The number of nitrogens with zero attached hydrogens (tertiary/aromatic N) is 1. The number of fused-ring (bicyclic) bond motifs is 2. The van der Waals surface area contributed by atoms with Gasteiger partial charge in [-0.1, -0.05) is 30.3 Å². The van der Waals surface area contributed by atoms with Crippen molar-refractivity contribution in [3.8, 4) is 0 Å². The van der Waals surface area contributed by atoms with Crippen LogP contribution in [0.15, 0.2) is 53.4 Å². The number of anilines is 2. The lowest BCUT2D eigenvalue weighted by Gasteiger charge is -2.27. The summed E-state index contributed by atoms with van der Waals surface area (Å²) in [7, 11) is 0. The predicted molar refractivity (Wildman–Crippen MR) is 112 cm³/mol. The van der Waals surface area contributed by atoms with Crippen molar-refractivity contribution in [3.63, 3.8) is 0 Å².